The van der Waals surface area contributed by atoms with Crippen LogP contribution in [0.15, 0.2) is 66.7 Å². The van der Waals surface area contributed by atoms with Gasteiger partial charge in [-0.1, -0.05) is 62.4 Å². The van der Waals surface area contributed by atoms with E-state index in [1.807, 2.05) is 6.07 Å². The zero-order chi connectivity index (χ0) is 22.0. The molecule has 0 aliphatic carbocycles. The average molecular weight is 415 g/mol. The minimum Gasteiger partial charge on any atom is -0.487 e. The molecule has 0 fully saturated rings. The van der Waals surface area contributed by atoms with Crippen LogP contribution in [0.4, 0.5) is 0 Å². The topological polar surface area (TPSA) is 46.5 Å². The lowest BCUT2D eigenvalue weighted by Crippen LogP contribution is -2.38. The third-order valence-corrected chi connectivity index (χ3v) is 6.03. The molecule has 0 aromatic heterocycles. The molecule has 1 aliphatic rings. The van der Waals surface area contributed by atoms with Gasteiger partial charge in [0.25, 0.3) is 0 Å². The maximum Gasteiger partial charge on any atom is 0.335 e. The van der Waals surface area contributed by atoms with Crippen molar-refractivity contribution >= 4 is 5.97 Å². The third-order valence-electron chi connectivity index (χ3n) is 6.03. The van der Waals surface area contributed by atoms with Crippen molar-refractivity contribution in [1.29, 1.82) is 0 Å². The van der Waals surface area contributed by atoms with Gasteiger partial charge in [0, 0.05) is 6.42 Å². The zero-order valence-electron chi connectivity index (χ0n) is 18.5. The van der Waals surface area contributed by atoms with Crippen LogP contribution in [0, 0.1) is 5.92 Å². The van der Waals surface area contributed by atoms with Crippen LogP contribution in [-0.2, 0) is 19.3 Å². The first-order valence-electron chi connectivity index (χ1n) is 11.0. The highest BCUT2D eigenvalue weighted by Crippen LogP contribution is 2.38. The fourth-order valence-corrected chi connectivity index (χ4v) is 4.40. The van der Waals surface area contributed by atoms with Crippen molar-refractivity contribution in [3.63, 3.8) is 0 Å². The first kappa shape index (κ1) is 21.2. The van der Waals surface area contributed by atoms with Gasteiger partial charge in [-0.15, -0.1) is 0 Å². The Balaban J connectivity index is 1.54. The van der Waals surface area contributed by atoms with Gasteiger partial charge in [0.15, 0.2) is 0 Å². The molecule has 160 valence electrons. The van der Waals surface area contributed by atoms with Gasteiger partial charge in [-0.2, -0.15) is 0 Å². The molecule has 1 aliphatic heterocycles. The molecule has 0 saturated carbocycles. The van der Waals surface area contributed by atoms with Crippen LogP contribution < -0.4 is 4.74 Å². The van der Waals surface area contributed by atoms with Crippen LogP contribution in [-0.4, -0.2) is 16.7 Å². The summed E-state index contributed by atoms with van der Waals surface area (Å²) in [5.41, 5.74) is 5.79. The Hall–Kier alpha value is -3.07. The first-order valence-corrected chi connectivity index (χ1v) is 11.0. The summed E-state index contributed by atoms with van der Waals surface area (Å²) in [7, 11) is 0. The van der Waals surface area contributed by atoms with E-state index in [2.05, 4.69) is 63.2 Å². The smallest absolute Gasteiger partial charge is 0.335 e. The highest BCUT2D eigenvalue weighted by atomic mass is 16.5. The van der Waals surface area contributed by atoms with Crippen LogP contribution in [0.5, 0.6) is 5.75 Å². The molecule has 0 amide bonds. The highest BCUT2D eigenvalue weighted by Gasteiger charge is 2.32. The summed E-state index contributed by atoms with van der Waals surface area (Å²) in [6, 6.07) is 22.2. The highest BCUT2D eigenvalue weighted by molar-refractivity contribution is 5.89. The van der Waals surface area contributed by atoms with E-state index in [0.29, 0.717) is 11.5 Å². The minimum atomic E-state index is -0.914. The summed E-state index contributed by atoms with van der Waals surface area (Å²) in [6.07, 6.45) is 3.93. The number of carboxylic acid groups (broad SMARTS) is 1. The number of aryl methyl sites for hydroxylation is 1. The van der Waals surface area contributed by atoms with E-state index in [0.717, 1.165) is 42.6 Å². The van der Waals surface area contributed by atoms with Crippen molar-refractivity contribution in [2.75, 3.05) is 0 Å². The number of hydrogen-bond acceptors (Lipinski definition) is 2. The molecule has 0 saturated heterocycles. The fourth-order valence-electron chi connectivity index (χ4n) is 4.40. The van der Waals surface area contributed by atoms with Gasteiger partial charge < -0.3 is 9.84 Å². The van der Waals surface area contributed by atoms with E-state index in [1.54, 1.807) is 18.2 Å². The molecule has 3 aromatic carbocycles. The van der Waals surface area contributed by atoms with Gasteiger partial charge in [0.05, 0.1) is 5.56 Å². The lowest BCUT2D eigenvalue weighted by molar-refractivity contribution is 0.0654. The average Bonchev–Trinajstić information content (AvgIpc) is 2.74. The minimum absolute atomic E-state index is 0.256. The van der Waals surface area contributed by atoms with Crippen LogP contribution in [0.25, 0.3) is 11.1 Å². The number of benzene rings is 3. The first-order chi connectivity index (χ1) is 14.8. The molecule has 1 atom stereocenters. The number of carbonyl (C=O) groups is 1. The van der Waals surface area contributed by atoms with Crippen LogP contribution in [0.1, 0.15) is 54.2 Å². The second-order valence-electron chi connectivity index (χ2n) is 9.35. The van der Waals surface area contributed by atoms with Gasteiger partial charge in [-0.3, -0.25) is 0 Å². The molecule has 1 N–H and O–H groups in total. The summed E-state index contributed by atoms with van der Waals surface area (Å²) in [5.74, 6) is 0.651. The normalized spacial score (nSPS) is 17.8. The molecular formula is C28H30O3. The van der Waals surface area contributed by atoms with E-state index in [1.165, 1.54) is 16.7 Å². The second-order valence-corrected chi connectivity index (χ2v) is 9.35. The lowest BCUT2D eigenvalue weighted by Gasteiger charge is -2.36. The predicted molar refractivity (Wildman–Crippen MR) is 125 cm³/mol. The molecule has 0 radical (unpaired) electrons. The maximum absolute atomic E-state index is 11.3. The number of hydrogen-bond donors (Lipinski definition) is 1. The van der Waals surface area contributed by atoms with E-state index in [-0.39, 0.29) is 5.60 Å². The Bertz CT molecular complexity index is 1080. The van der Waals surface area contributed by atoms with Gasteiger partial charge in [-0.05, 0) is 78.1 Å². The summed E-state index contributed by atoms with van der Waals surface area (Å²) < 4.78 is 6.54. The van der Waals surface area contributed by atoms with Crippen molar-refractivity contribution < 1.29 is 14.6 Å². The summed E-state index contributed by atoms with van der Waals surface area (Å²) in [5, 5.41) is 9.29. The maximum atomic E-state index is 11.3. The number of rotatable bonds is 6. The van der Waals surface area contributed by atoms with E-state index in [9.17, 15) is 9.90 Å². The molecule has 31 heavy (non-hydrogen) atoms. The number of ether oxygens (including phenoxy) is 1. The molecule has 4 rings (SSSR count). The summed E-state index contributed by atoms with van der Waals surface area (Å²) >= 11 is 0. The van der Waals surface area contributed by atoms with Gasteiger partial charge in [-0.25, -0.2) is 4.79 Å². The van der Waals surface area contributed by atoms with E-state index >= 15 is 0 Å². The SMILES string of the molecule is CC(C)Cc1ccc(CC2(C)CCc3ccc(-c4cccc(C(=O)O)c4)cc3O2)cc1. The molecule has 0 bridgehead atoms. The van der Waals surface area contributed by atoms with Crippen molar-refractivity contribution in [3.8, 4) is 16.9 Å². The number of carboxylic acids is 1. The number of aromatic carboxylic acids is 1. The Morgan fingerprint density at radius 3 is 2.42 bits per heavy atom. The third kappa shape index (κ3) is 4.99. The molecule has 3 aromatic rings. The Kier molecular flexibility index (Phi) is 5.86. The molecule has 3 nitrogen and oxygen atoms in total. The van der Waals surface area contributed by atoms with Gasteiger partial charge >= 0.3 is 5.97 Å². The summed E-state index contributed by atoms with van der Waals surface area (Å²) in [4.78, 5) is 11.3. The van der Waals surface area contributed by atoms with E-state index < -0.39 is 5.97 Å². The Morgan fingerprint density at radius 1 is 1.00 bits per heavy atom. The number of fused-ring (bicyclic) bond motifs is 1. The monoisotopic (exact) mass is 414 g/mol. The Labute approximate surface area is 184 Å². The standard InChI is InChI=1S/C28H30O3/c1-19(2)15-20-7-9-21(10-8-20)18-28(3)14-13-22-11-12-24(17-26(22)31-28)23-5-4-6-25(16-23)27(29)30/h4-12,16-17,19H,13-15,18H2,1-3H3,(H,29,30). The van der Waals surface area contributed by atoms with Crippen LogP contribution in [0.3, 0.4) is 0 Å². The van der Waals surface area contributed by atoms with Crippen molar-refractivity contribution in [3.05, 3.63) is 89.0 Å². The van der Waals surface area contributed by atoms with Crippen molar-refractivity contribution in [2.24, 2.45) is 5.92 Å². The quantitative estimate of drug-likeness (QED) is 0.496. The molecule has 0 spiro atoms. The van der Waals surface area contributed by atoms with Gasteiger partial charge in [0.1, 0.15) is 11.4 Å². The largest absolute Gasteiger partial charge is 0.487 e. The molecule has 1 unspecified atom stereocenters. The van der Waals surface area contributed by atoms with Crippen molar-refractivity contribution in [1.82, 2.24) is 0 Å². The Morgan fingerprint density at radius 2 is 1.71 bits per heavy atom. The lowest BCUT2D eigenvalue weighted by atomic mass is 9.86. The molecule has 1 heterocycles. The van der Waals surface area contributed by atoms with Crippen molar-refractivity contribution in [2.45, 2.75) is 52.1 Å². The van der Waals surface area contributed by atoms with Crippen LogP contribution in [0.2, 0.25) is 0 Å². The summed E-state index contributed by atoms with van der Waals surface area (Å²) in [6.45, 7) is 6.68. The predicted octanol–water partition coefficient (Wildman–Crippen LogP) is 6.58. The fraction of sp³-hybridized carbons (Fsp3) is 0.321. The van der Waals surface area contributed by atoms with Gasteiger partial charge in [0.2, 0.25) is 0 Å². The zero-order valence-corrected chi connectivity index (χ0v) is 18.5. The second kappa shape index (κ2) is 8.58. The molecular weight excluding hydrogens is 384 g/mol. The van der Waals surface area contributed by atoms with Crippen LogP contribution >= 0.6 is 0 Å². The van der Waals surface area contributed by atoms with E-state index in [4.69, 9.17) is 4.74 Å². The molecule has 3 heteroatoms.